The number of nitrogens with one attached hydrogen (secondary N) is 2. The molecule has 130 valence electrons. The number of rotatable bonds is 3. The fraction of sp³-hybridized carbons (Fsp3) is 0.562. The zero-order valence-electron chi connectivity index (χ0n) is 13.1. The number of guanidine groups is 1. The second kappa shape index (κ2) is 9.34. The van der Waals surface area contributed by atoms with Gasteiger partial charge in [-0.2, -0.15) is 13.2 Å². The van der Waals surface area contributed by atoms with E-state index in [0.717, 1.165) is 18.9 Å². The van der Waals surface area contributed by atoms with Crippen molar-refractivity contribution in [2.45, 2.75) is 50.9 Å². The highest BCUT2D eigenvalue weighted by Crippen LogP contribution is 2.29. The van der Waals surface area contributed by atoms with Gasteiger partial charge in [0.15, 0.2) is 5.96 Å². The van der Waals surface area contributed by atoms with Gasteiger partial charge in [-0.25, -0.2) is 0 Å². The molecule has 0 atom stereocenters. The summed E-state index contributed by atoms with van der Waals surface area (Å²) in [6.07, 6.45) is 1.62. The molecule has 0 amide bonds. The van der Waals surface area contributed by atoms with Gasteiger partial charge in [0.05, 0.1) is 5.56 Å². The predicted molar refractivity (Wildman–Crippen MR) is 97.1 cm³/mol. The van der Waals surface area contributed by atoms with Crippen LogP contribution in [0.3, 0.4) is 0 Å². The van der Waals surface area contributed by atoms with E-state index in [2.05, 4.69) is 15.6 Å². The molecule has 1 fully saturated rings. The molecule has 0 spiro atoms. The first-order chi connectivity index (χ1) is 10.5. The number of benzene rings is 1. The molecule has 3 nitrogen and oxygen atoms in total. The minimum absolute atomic E-state index is 0. The number of halogens is 4. The summed E-state index contributed by atoms with van der Waals surface area (Å²) in [5.74, 6) is 0.643. The van der Waals surface area contributed by atoms with E-state index in [-0.39, 0.29) is 24.0 Å². The van der Waals surface area contributed by atoms with Crippen molar-refractivity contribution in [2.24, 2.45) is 4.99 Å². The van der Waals surface area contributed by atoms with Crippen molar-refractivity contribution >= 4 is 29.9 Å². The smallest absolute Gasteiger partial charge is 0.354 e. The minimum atomic E-state index is -4.31. The molecule has 1 saturated carbocycles. The standard InChI is InChI=1S/C16H22F3N3.HI/c1-20-15(22-14-8-3-2-4-9-14)21-11-12-6-5-7-13(10-12)16(17,18)19;/h5-7,10,14H,2-4,8-9,11H2,1H3,(H2,20,21,22);1H. The van der Waals surface area contributed by atoms with Crippen molar-refractivity contribution in [3.63, 3.8) is 0 Å². The normalized spacial score (nSPS) is 16.6. The first-order valence-electron chi connectivity index (χ1n) is 7.62. The summed E-state index contributed by atoms with van der Waals surface area (Å²) in [7, 11) is 1.67. The second-order valence-electron chi connectivity index (χ2n) is 5.60. The SMILES string of the molecule is CN=C(NCc1cccc(C(F)(F)F)c1)NC1CCCCC1.I. The molecule has 7 heteroatoms. The lowest BCUT2D eigenvalue weighted by Crippen LogP contribution is -2.43. The third kappa shape index (κ3) is 6.56. The Morgan fingerprint density at radius 3 is 2.52 bits per heavy atom. The molecule has 1 aromatic rings. The monoisotopic (exact) mass is 441 g/mol. The largest absolute Gasteiger partial charge is 0.416 e. The lowest BCUT2D eigenvalue weighted by Gasteiger charge is -2.25. The Hall–Kier alpha value is -0.990. The highest BCUT2D eigenvalue weighted by Gasteiger charge is 2.30. The summed E-state index contributed by atoms with van der Waals surface area (Å²) in [4.78, 5) is 4.14. The van der Waals surface area contributed by atoms with Crippen LogP contribution in [0.4, 0.5) is 13.2 Å². The average molecular weight is 441 g/mol. The van der Waals surface area contributed by atoms with Crippen LogP contribution in [0.1, 0.15) is 43.2 Å². The topological polar surface area (TPSA) is 36.4 Å². The van der Waals surface area contributed by atoms with E-state index in [1.54, 1.807) is 13.1 Å². The van der Waals surface area contributed by atoms with Crippen LogP contribution in [0.5, 0.6) is 0 Å². The average Bonchev–Trinajstić information content (AvgIpc) is 2.52. The lowest BCUT2D eigenvalue weighted by atomic mass is 9.96. The van der Waals surface area contributed by atoms with Crippen LogP contribution in [0.15, 0.2) is 29.3 Å². The summed E-state index contributed by atoms with van der Waals surface area (Å²) >= 11 is 0. The molecule has 0 heterocycles. The van der Waals surface area contributed by atoms with E-state index in [4.69, 9.17) is 0 Å². The molecule has 0 aromatic heterocycles. The number of aliphatic imine (C=N–C) groups is 1. The lowest BCUT2D eigenvalue weighted by molar-refractivity contribution is -0.137. The summed E-state index contributed by atoms with van der Waals surface area (Å²) in [5.41, 5.74) is -0.0385. The van der Waals surface area contributed by atoms with E-state index in [1.807, 2.05) is 0 Å². The Morgan fingerprint density at radius 1 is 1.22 bits per heavy atom. The van der Waals surface area contributed by atoms with Gasteiger partial charge in [0.25, 0.3) is 0 Å². The maximum Gasteiger partial charge on any atom is 0.416 e. The van der Waals surface area contributed by atoms with Crippen LogP contribution in [0.2, 0.25) is 0 Å². The Kier molecular flexibility index (Phi) is 8.15. The Balaban J connectivity index is 0.00000264. The molecule has 1 aliphatic rings. The van der Waals surface area contributed by atoms with Gasteiger partial charge >= 0.3 is 6.18 Å². The van der Waals surface area contributed by atoms with E-state index in [0.29, 0.717) is 24.1 Å². The molecular weight excluding hydrogens is 418 g/mol. The second-order valence-corrected chi connectivity index (χ2v) is 5.60. The zero-order valence-corrected chi connectivity index (χ0v) is 15.4. The minimum Gasteiger partial charge on any atom is -0.354 e. The molecule has 1 aliphatic carbocycles. The number of alkyl halides is 3. The van der Waals surface area contributed by atoms with Crippen LogP contribution in [-0.4, -0.2) is 19.0 Å². The Bertz CT molecular complexity index is 512. The van der Waals surface area contributed by atoms with Crippen molar-refractivity contribution in [1.29, 1.82) is 0 Å². The molecule has 2 N–H and O–H groups in total. The summed E-state index contributed by atoms with van der Waals surface area (Å²) in [5, 5.41) is 6.42. The summed E-state index contributed by atoms with van der Waals surface area (Å²) in [6.45, 7) is 0.316. The first kappa shape index (κ1) is 20.1. The molecule has 1 aromatic carbocycles. The van der Waals surface area contributed by atoms with Gasteiger partial charge in [-0.05, 0) is 30.5 Å². The van der Waals surface area contributed by atoms with E-state index < -0.39 is 11.7 Å². The molecule has 23 heavy (non-hydrogen) atoms. The van der Waals surface area contributed by atoms with Gasteiger partial charge < -0.3 is 10.6 Å². The van der Waals surface area contributed by atoms with Gasteiger partial charge in [-0.1, -0.05) is 31.4 Å². The van der Waals surface area contributed by atoms with Crippen LogP contribution in [-0.2, 0) is 12.7 Å². The van der Waals surface area contributed by atoms with Crippen molar-refractivity contribution in [1.82, 2.24) is 10.6 Å². The quantitative estimate of drug-likeness (QED) is 0.417. The third-order valence-corrected chi connectivity index (χ3v) is 3.88. The molecule has 2 rings (SSSR count). The van der Waals surface area contributed by atoms with Crippen molar-refractivity contribution in [3.05, 3.63) is 35.4 Å². The number of nitrogens with zero attached hydrogens (tertiary/aromatic N) is 1. The van der Waals surface area contributed by atoms with Gasteiger partial charge in [-0.15, -0.1) is 24.0 Å². The molecule has 0 bridgehead atoms. The van der Waals surface area contributed by atoms with Crippen LogP contribution >= 0.6 is 24.0 Å². The molecule has 0 saturated heterocycles. The van der Waals surface area contributed by atoms with Crippen molar-refractivity contribution < 1.29 is 13.2 Å². The summed E-state index contributed by atoms with van der Waals surface area (Å²) in [6, 6.07) is 5.76. The van der Waals surface area contributed by atoms with E-state index in [1.165, 1.54) is 31.4 Å². The van der Waals surface area contributed by atoms with Gasteiger partial charge in [-0.3, -0.25) is 4.99 Å². The van der Waals surface area contributed by atoms with Gasteiger partial charge in [0, 0.05) is 19.6 Å². The summed E-state index contributed by atoms with van der Waals surface area (Å²) < 4.78 is 38.1. The highest BCUT2D eigenvalue weighted by atomic mass is 127. The molecule has 0 radical (unpaired) electrons. The first-order valence-corrected chi connectivity index (χ1v) is 7.62. The van der Waals surface area contributed by atoms with Crippen LogP contribution in [0.25, 0.3) is 0 Å². The maximum atomic E-state index is 12.7. The Morgan fingerprint density at radius 2 is 1.91 bits per heavy atom. The van der Waals surface area contributed by atoms with E-state index in [9.17, 15) is 13.2 Å². The Labute approximate surface area is 152 Å². The van der Waals surface area contributed by atoms with Gasteiger partial charge in [0.2, 0.25) is 0 Å². The number of hydrogen-bond acceptors (Lipinski definition) is 1. The zero-order chi connectivity index (χ0) is 16.0. The number of hydrogen-bond donors (Lipinski definition) is 2. The van der Waals surface area contributed by atoms with Crippen LogP contribution < -0.4 is 10.6 Å². The third-order valence-electron chi connectivity index (χ3n) is 3.88. The van der Waals surface area contributed by atoms with Gasteiger partial charge in [0.1, 0.15) is 0 Å². The fourth-order valence-electron chi connectivity index (χ4n) is 2.68. The van der Waals surface area contributed by atoms with Crippen LogP contribution in [0, 0.1) is 0 Å². The van der Waals surface area contributed by atoms with Crippen molar-refractivity contribution in [2.75, 3.05) is 7.05 Å². The molecular formula is C16H23F3IN3. The molecule has 0 unspecified atom stereocenters. The van der Waals surface area contributed by atoms with E-state index >= 15 is 0 Å². The predicted octanol–water partition coefficient (Wildman–Crippen LogP) is 4.32. The fourth-order valence-corrected chi connectivity index (χ4v) is 2.68. The molecule has 0 aliphatic heterocycles. The highest BCUT2D eigenvalue weighted by molar-refractivity contribution is 14.0. The maximum absolute atomic E-state index is 12.7. The van der Waals surface area contributed by atoms with Crippen molar-refractivity contribution in [3.8, 4) is 0 Å².